The highest BCUT2D eigenvalue weighted by atomic mass is 15.0. The average Bonchev–Trinajstić information content (AvgIpc) is 2.94. The zero-order chi connectivity index (χ0) is 22.3. The summed E-state index contributed by atoms with van der Waals surface area (Å²) in [6.07, 6.45) is 17.7. The lowest BCUT2D eigenvalue weighted by atomic mass is 10.0. The second-order valence-electron chi connectivity index (χ2n) is 7.55. The van der Waals surface area contributed by atoms with Gasteiger partial charge >= 0.3 is 0 Å². The molecule has 2 aromatic rings. The molecule has 2 aromatic heterocycles. The lowest BCUT2D eigenvalue weighted by Crippen LogP contribution is -2.04. The summed E-state index contributed by atoms with van der Waals surface area (Å²) >= 11 is 0. The van der Waals surface area contributed by atoms with E-state index in [2.05, 4.69) is 94.7 Å². The molecule has 0 spiro atoms. The summed E-state index contributed by atoms with van der Waals surface area (Å²) in [6, 6.07) is 4.44. The van der Waals surface area contributed by atoms with Gasteiger partial charge in [0.05, 0.1) is 11.4 Å². The predicted octanol–water partition coefficient (Wildman–Crippen LogP) is 8.01. The molecular weight excluding hydrogens is 364 g/mol. The first-order valence-electron chi connectivity index (χ1n) is 10.8. The van der Waals surface area contributed by atoms with Crippen LogP contribution >= 0.6 is 0 Å². The lowest BCUT2D eigenvalue weighted by molar-refractivity contribution is 0.947. The number of rotatable bonds is 7. The summed E-state index contributed by atoms with van der Waals surface area (Å²) in [6.45, 7) is 17.1. The van der Waals surface area contributed by atoms with Gasteiger partial charge in [0.15, 0.2) is 0 Å². The molecule has 2 rings (SSSR count). The van der Waals surface area contributed by atoms with E-state index in [0.29, 0.717) is 0 Å². The minimum absolute atomic E-state index is 0.932. The van der Waals surface area contributed by atoms with Crippen molar-refractivity contribution in [3.63, 3.8) is 0 Å². The number of hydrogen-bond acceptors (Lipinski definition) is 1. The maximum atomic E-state index is 5.06. The molecule has 0 N–H and O–H groups in total. The van der Waals surface area contributed by atoms with E-state index in [1.165, 1.54) is 33.8 Å². The molecule has 0 aliphatic heterocycles. The summed E-state index contributed by atoms with van der Waals surface area (Å²) in [7, 11) is 0. The van der Waals surface area contributed by atoms with Crippen molar-refractivity contribution in [1.29, 1.82) is 0 Å². The molecule has 0 saturated heterocycles. The Morgan fingerprint density at radius 3 is 2.00 bits per heavy atom. The first-order chi connectivity index (χ1) is 14.4. The van der Waals surface area contributed by atoms with Crippen molar-refractivity contribution in [2.45, 2.75) is 61.8 Å². The van der Waals surface area contributed by atoms with E-state index < -0.39 is 0 Å². The molecule has 0 aromatic carbocycles. The minimum atomic E-state index is 0.932. The van der Waals surface area contributed by atoms with Gasteiger partial charge < -0.3 is 4.57 Å². The van der Waals surface area contributed by atoms with Gasteiger partial charge in [0.1, 0.15) is 0 Å². The van der Waals surface area contributed by atoms with Crippen LogP contribution in [0.1, 0.15) is 68.0 Å². The van der Waals surface area contributed by atoms with E-state index in [9.17, 15) is 0 Å². The maximum absolute atomic E-state index is 5.06. The van der Waals surface area contributed by atoms with Crippen LogP contribution < -0.4 is 0 Å². The number of hydrogen-bond donors (Lipinski definition) is 0. The van der Waals surface area contributed by atoms with Crippen molar-refractivity contribution in [2.75, 3.05) is 0 Å². The quantitative estimate of drug-likeness (QED) is 0.430. The Morgan fingerprint density at radius 1 is 0.867 bits per heavy atom. The Labute approximate surface area is 183 Å². The van der Waals surface area contributed by atoms with Gasteiger partial charge in [0.2, 0.25) is 0 Å². The Bertz CT molecular complexity index is 1010. The molecule has 0 aliphatic rings. The molecular formula is C28H36N2. The van der Waals surface area contributed by atoms with Crippen molar-refractivity contribution in [1.82, 2.24) is 9.55 Å². The van der Waals surface area contributed by atoms with E-state index in [4.69, 9.17) is 4.98 Å². The fourth-order valence-electron chi connectivity index (χ4n) is 3.67. The normalized spacial score (nSPS) is 13.5. The summed E-state index contributed by atoms with van der Waals surface area (Å²) in [5, 5.41) is 0. The molecule has 0 bridgehead atoms. The smallest absolute Gasteiger partial charge is 0.0726 e. The van der Waals surface area contributed by atoms with Crippen molar-refractivity contribution >= 4 is 11.1 Å². The molecule has 0 unspecified atom stereocenters. The zero-order valence-corrected chi connectivity index (χ0v) is 19.9. The van der Waals surface area contributed by atoms with Crippen molar-refractivity contribution in [3.05, 3.63) is 94.6 Å². The van der Waals surface area contributed by atoms with Gasteiger partial charge in [-0.15, -0.1) is 0 Å². The molecule has 0 amide bonds. The fraction of sp³-hybridized carbons (Fsp3) is 0.321. The van der Waals surface area contributed by atoms with E-state index in [0.717, 1.165) is 23.4 Å². The maximum Gasteiger partial charge on any atom is 0.0726 e. The van der Waals surface area contributed by atoms with Crippen molar-refractivity contribution < 1.29 is 0 Å². The lowest BCUT2D eigenvalue weighted by Gasteiger charge is -2.15. The van der Waals surface area contributed by atoms with E-state index >= 15 is 0 Å². The Balaban J connectivity index is 2.80. The van der Waals surface area contributed by atoms with Gasteiger partial charge in [-0.25, -0.2) is 4.98 Å². The van der Waals surface area contributed by atoms with Crippen LogP contribution in [-0.2, 0) is 0 Å². The minimum Gasteiger partial charge on any atom is -0.318 e. The summed E-state index contributed by atoms with van der Waals surface area (Å²) < 4.78 is 2.37. The average molecular weight is 401 g/mol. The van der Waals surface area contributed by atoms with Gasteiger partial charge in [-0.1, -0.05) is 55.5 Å². The molecule has 0 radical (unpaired) electrons. The van der Waals surface area contributed by atoms with Gasteiger partial charge in [-0.05, 0) is 89.3 Å². The molecule has 158 valence electrons. The van der Waals surface area contributed by atoms with Crippen molar-refractivity contribution in [3.8, 4) is 5.69 Å². The Kier molecular flexibility index (Phi) is 8.41. The van der Waals surface area contributed by atoms with Crippen LogP contribution in [0.15, 0.2) is 60.7 Å². The topological polar surface area (TPSA) is 17.8 Å². The standard InChI is InChI=1S/C28H36N2/c1-9-13-15-17-25(12-4)28-19-26(30-22(7)20(5)21(6)23(30)8)18-27(29-28)24(11-3)16-14-10-2/h9-10,12-19H,11H2,1-8H3/b13-9-,14-10-,17-15-,24-16+,25-12+. The van der Waals surface area contributed by atoms with E-state index in [1.807, 2.05) is 26.0 Å². The summed E-state index contributed by atoms with van der Waals surface area (Å²) in [4.78, 5) is 5.06. The molecule has 0 saturated carbocycles. The van der Waals surface area contributed by atoms with Crippen LogP contribution in [0.2, 0.25) is 0 Å². The zero-order valence-electron chi connectivity index (χ0n) is 19.9. The van der Waals surface area contributed by atoms with E-state index in [1.54, 1.807) is 0 Å². The van der Waals surface area contributed by atoms with Gasteiger partial charge in [-0.2, -0.15) is 0 Å². The van der Waals surface area contributed by atoms with Crippen LogP contribution in [0.3, 0.4) is 0 Å². The number of nitrogens with zero attached hydrogens (tertiary/aromatic N) is 2. The van der Waals surface area contributed by atoms with Crippen LogP contribution in [0, 0.1) is 27.7 Å². The molecule has 0 aliphatic carbocycles. The first kappa shape index (κ1) is 23.4. The molecule has 0 fully saturated rings. The number of allylic oxidation sites excluding steroid dienone is 10. The summed E-state index contributed by atoms with van der Waals surface area (Å²) in [5.41, 5.74) is 10.8. The Hall–Kier alpha value is -2.87. The highest BCUT2D eigenvalue weighted by Crippen LogP contribution is 2.29. The second-order valence-corrected chi connectivity index (χ2v) is 7.55. The number of pyridine rings is 1. The van der Waals surface area contributed by atoms with Crippen LogP contribution in [0.25, 0.3) is 16.8 Å². The highest BCUT2D eigenvalue weighted by molar-refractivity contribution is 5.75. The molecule has 30 heavy (non-hydrogen) atoms. The largest absolute Gasteiger partial charge is 0.318 e. The molecule has 2 nitrogen and oxygen atoms in total. The van der Waals surface area contributed by atoms with Gasteiger partial charge in [-0.3, -0.25) is 0 Å². The van der Waals surface area contributed by atoms with Gasteiger partial charge in [0.25, 0.3) is 0 Å². The monoisotopic (exact) mass is 400 g/mol. The third kappa shape index (κ3) is 4.99. The molecule has 0 atom stereocenters. The highest BCUT2D eigenvalue weighted by Gasteiger charge is 2.15. The summed E-state index contributed by atoms with van der Waals surface area (Å²) in [5.74, 6) is 0. The van der Waals surface area contributed by atoms with E-state index in [-0.39, 0.29) is 0 Å². The third-order valence-corrected chi connectivity index (χ3v) is 5.77. The first-order valence-corrected chi connectivity index (χ1v) is 10.8. The van der Waals surface area contributed by atoms with Crippen LogP contribution in [-0.4, -0.2) is 9.55 Å². The van der Waals surface area contributed by atoms with Crippen LogP contribution in [0.5, 0.6) is 0 Å². The van der Waals surface area contributed by atoms with Crippen LogP contribution in [0.4, 0.5) is 0 Å². The molecule has 2 heterocycles. The fourth-order valence-corrected chi connectivity index (χ4v) is 3.67. The Morgan fingerprint density at radius 2 is 1.47 bits per heavy atom. The molecule has 2 heteroatoms. The third-order valence-electron chi connectivity index (χ3n) is 5.77. The SMILES string of the molecule is C\C=C/C=C\C(=C/C)c1cc(-n2c(C)c(C)c(C)c2C)cc(/C(=C/C=C\C)CC)n1. The number of aromatic nitrogens is 2. The van der Waals surface area contributed by atoms with Gasteiger partial charge in [0, 0.05) is 17.1 Å². The predicted molar refractivity (Wildman–Crippen MR) is 133 cm³/mol. The van der Waals surface area contributed by atoms with Crippen molar-refractivity contribution in [2.24, 2.45) is 0 Å². The second kappa shape index (κ2) is 10.8.